The highest BCUT2D eigenvalue weighted by Gasteiger charge is 2.17. The number of benzene rings is 1. The third-order valence-corrected chi connectivity index (χ3v) is 3.14. The first kappa shape index (κ1) is 13.2. The number of nitrogens with zero attached hydrogens (tertiary/aromatic N) is 2. The Labute approximate surface area is 119 Å². The fraction of sp³-hybridized carbons (Fsp3) is 0. The molecule has 0 aliphatic rings. The third kappa shape index (κ3) is 2.34. The van der Waals surface area contributed by atoms with Gasteiger partial charge in [0.2, 0.25) is 0 Å². The molecule has 2 rings (SSSR count). The Kier molecular flexibility index (Phi) is 3.62. The van der Waals surface area contributed by atoms with Crippen LogP contribution in [0.1, 0.15) is 11.1 Å². The number of rotatable bonds is 1. The van der Waals surface area contributed by atoms with Crippen molar-refractivity contribution in [2.24, 2.45) is 0 Å². The molecule has 1 heterocycles. The predicted molar refractivity (Wildman–Crippen MR) is 74.2 cm³/mol. The summed E-state index contributed by atoms with van der Waals surface area (Å²) in [5.41, 5.74) is 0.309. The molecule has 0 saturated carbocycles. The van der Waals surface area contributed by atoms with Crippen LogP contribution in [0, 0.1) is 22.7 Å². The molecule has 0 saturated heterocycles. The van der Waals surface area contributed by atoms with Crippen molar-refractivity contribution in [3.8, 4) is 23.3 Å². The van der Waals surface area contributed by atoms with Gasteiger partial charge >= 0.3 is 0 Å². The average molecular weight is 288 g/mol. The second-order valence-corrected chi connectivity index (χ2v) is 4.54. The van der Waals surface area contributed by atoms with Crippen molar-refractivity contribution in [1.82, 2.24) is 4.98 Å². The van der Waals surface area contributed by atoms with Crippen LogP contribution >= 0.6 is 24.2 Å². The van der Waals surface area contributed by atoms with Gasteiger partial charge in [0, 0.05) is 10.6 Å². The van der Waals surface area contributed by atoms with E-state index >= 15 is 0 Å². The number of aromatic amines is 1. The fourth-order valence-corrected chi connectivity index (χ4v) is 2.10. The highest BCUT2D eigenvalue weighted by atomic mass is 35.5. The van der Waals surface area contributed by atoms with E-state index in [0.717, 1.165) is 0 Å². The summed E-state index contributed by atoms with van der Waals surface area (Å²) >= 11 is 9.86. The molecule has 19 heavy (non-hydrogen) atoms. The van der Waals surface area contributed by atoms with Gasteiger partial charge < -0.3 is 4.98 Å². The molecule has 0 radical (unpaired) electrons. The summed E-state index contributed by atoms with van der Waals surface area (Å²) in [6.45, 7) is 0. The lowest BCUT2D eigenvalue weighted by atomic mass is 9.97. The Bertz CT molecular complexity index is 782. The van der Waals surface area contributed by atoms with Gasteiger partial charge in [-0.1, -0.05) is 23.7 Å². The zero-order chi connectivity index (χ0) is 14.0. The van der Waals surface area contributed by atoms with Crippen LogP contribution in [0.3, 0.4) is 0 Å². The van der Waals surface area contributed by atoms with Crippen LogP contribution in [0.5, 0.6) is 0 Å². The molecule has 0 atom stereocenters. The van der Waals surface area contributed by atoms with Crippen LogP contribution in [-0.2, 0) is 0 Å². The lowest BCUT2D eigenvalue weighted by molar-refractivity contribution is 1.06. The topological polar surface area (TPSA) is 80.4 Å². The van der Waals surface area contributed by atoms with Crippen LogP contribution < -0.4 is 5.56 Å². The zero-order valence-corrected chi connectivity index (χ0v) is 11.1. The first-order valence-electron chi connectivity index (χ1n) is 5.14. The number of pyridine rings is 1. The van der Waals surface area contributed by atoms with Crippen molar-refractivity contribution in [2.75, 3.05) is 0 Å². The zero-order valence-electron chi connectivity index (χ0n) is 9.44. The fourth-order valence-electron chi connectivity index (χ4n) is 1.71. The number of halogens is 1. The summed E-state index contributed by atoms with van der Waals surface area (Å²) in [4.78, 5) is 14.1. The molecule has 6 heteroatoms. The maximum absolute atomic E-state index is 11.7. The molecule has 0 aliphatic heterocycles. The predicted octanol–water partition coefficient (Wildman–Crippen LogP) is 2.73. The quantitative estimate of drug-likeness (QED) is 0.791. The van der Waals surface area contributed by atoms with Gasteiger partial charge in [-0.05, 0) is 17.7 Å². The molecule has 0 aliphatic carbocycles. The highest BCUT2D eigenvalue weighted by Crippen LogP contribution is 2.29. The van der Waals surface area contributed by atoms with Gasteiger partial charge in [0.15, 0.2) is 0 Å². The molecule has 1 aromatic heterocycles. The van der Waals surface area contributed by atoms with Crippen molar-refractivity contribution in [3.63, 3.8) is 0 Å². The lowest BCUT2D eigenvalue weighted by Crippen LogP contribution is -2.14. The molecular formula is C13H6ClN3OS. The van der Waals surface area contributed by atoms with Gasteiger partial charge in [0.05, 0.1) is 10.6 Å². The minimum atomic E-state index is -0.573. The molecule has 0 spiro atoms. The standard InChI is InChI=1S/C13H6ClN3OS/c14-8-3-1-7(2-4-8)11-9(5-15)12(18)17-13(19)10(11)6-16/h1-4H,(H2,17,18,19). The van der Waals surface area contributed by atoms with Gasteiger partial charge in [0.25, 0.3) is 5.56 Å². The van der Waals surface area contributed by atoms with Gasteiger partial charge in [-0.2, -0.15) is 10.5 Å². The second kappa shape index (κ2) is 5.19. The van der Waals surface area contributed by atoms with Crippen molar-refractivity contribution in [2.45, 2.75) is 5.03 Å². The molecule has 0 amide bonds. The van der Waals surface area contributed by atoms with Crippen molar-refractivity contribution in [1.29, 1.82) is 10.5 Å². The van der Waals surface area contributed by atoms with E-state index in [1.165, 1.54) is 0 Å². The summed E-state index contributed by atoms with van der Waals surface area (Å²) in [7, 11) is 0. The summed E-state index contributed by atoms with van der Waals surface area (Å²) in [6, 6.07) is 10.3. The van der Waals surface area contributed by atoms with E-state index in [0.29, 0.717) is 10.6 Å². The third-order valence-electron chi connectivity index (χ3n) is 2.55. The minimum absolute atomic E-state index is 0.114. The number of nitrogens with one attached hydrogen (secondary N) is 1. The number of H-pyrrole nitrogens is 1. The van der Waals surface area contributed by atoms with Gasteiger partial charge in [-0.15, -0.1) is 12.6 Å². The molecule has 2 aromatic rings. The first-order valence-corrected chi connectivity index (χ1v) is 5.96. The Morgan fingerprint density at radius 3 is 2.21 bits per heavy atom. The average Bonchev–Trinajstić information content (AvgIpc) is 2.39. The normalized spacial score (nSPS) is 9.68. The second-order valence-electron chi connectivity index (χ2n) is 3.66. The number of aromatic nitrogens is 1. The number of nitriles is 2. The van der Waals surface area contributed by atoms with Gasteiger partial charge in [-0.3, -0.25) is 4.79 Å². The van der Waals surface area contributed by atoms with E-state index in [9.17, 15) is 4.79 Å². The van der Waals surface area contributed by atoms with Crippen molar-refractivity contribution in [3.05, 3.63) is 50.8 Å². The first-order chi connectivity index (χ1) is 9.08. The Morgan fingerprint density at radius 1 is 1.11 bits per heavy atom. The largest absolute Gasteiger partial charge is 0.315 e. The Hall–Kier alpha value is -2.21. The summed E-state index contributed by atoms with van der Waals surface area (Å²) in [6.07, 6.45) is 0. The van der Waals surface area contributed by atoms with E-state index < -0.39 is 5.56 Å². The van der Waals surface area contributed by atoms with Crippen LogP contribution in [0.2, 0.25) is 5.02 Å². The van der Waals surface area contributed by atoms with Crippen LogP contribution in [0.25, 0.3) is 11.1 Å². The lowest BCUT2D eigenvalue weighted by Gasteiger charge is -2.08. The van der Waals surface area contributed by atoms with Crippen LogP contribution in [-0.4, -0.2) is 4.98 Å². The van der Waals surface area contributed by atoms with Crippen molar-refractivity contribution < 1.29 is 0 Å². The van der Waals surface area contributed by atoms with E-state index in [-0.39, 0.29) is 21.7 Å². The molecule has 4 nitrogen and oxygen atoms in total. The monoisotopic (exact) mass is 287 g/mol. The molecule has 0 bridgehead atoms. The number of hydrogen-bond donors (Lipinski definition) is 2. The van der Waals surface area contributed by atoms with Gasteiger partial charge in [-0.25, -0.2) is 0 Å². The maximum atomic E-state index is 11.7. The molecule has 1 N–H and O–H groups in total. The number of thiol groups is 1. The Morgan fingerprint density at radius 2 is 1.68 bits per heavy atom. The van der Waals surface area contributed by atoms with E-state index in [1.54, 1.807) is 24.3 Å². The smallest absolute Gasteiger partial charge is 0.267 e. The maximum Gasteiger partial charge on any atom is 0.267 e. The highest BCUT2D eigenvalue weighted by molar-refractivity contribution is 7.80. The SMILES string of the molecule is N#Cc1c(S)[nH]c(=O)c(C#N)c1-c1ccc(Cl)cc1. The molecule has 1 aromatic carbocycles. The molecular weight excluding hydrogens is 282 g/mol. The van der Waals surface area contributed by atoms with Gasteiger partial charge in [0.1, 0.15) is 17.7 Å². The van der Waals surface area contributed by atoms with E-state index in [1.807, 2.05) is 12.1 Å². The van der Waals surface area contributed by atoms with E-state index in [4.69, 9.17) is 22.1 Å². The summed E-state index contributed by atoms with van der Waals surface area (Å²) in [5, 5.41) is 18.9. The minimum Gasteiger partial charge on any atom is -0.315 e. The van der Waals surface area contributed by atoms with Crippen LogP contribution in [0.15, 0.2) is 34.1 Å². The summed E-state index contributed by atoms with van der Waals surface area (Å²) in [5.74, 6) is 0. The molecule has 92 valence electrons. The molecule has 0 fully saturated rings. The summed E-state index contributed by atoms with van der Waals surface area (Å²) < 4.78 is 0. The molecule has 0 unspecified atom stereocenters. The van der Waals surface area contributed by atoms with E-state index in [2.05, 4.69) is 17.6 Å². The Balaban J connectivity index is 2.89. The van der Waals surface area contributed by atoms with Crippen molar-refractivity contribution >= 4 is 24.2 Å². The van der Waals surface area contributed by atoms with Crippen LogP contribution in [0.4, 0.5) is 0 Å². The number of hydrogen-bond acceptors (Lipinski definition) is 4.